The number of nitrogens with zero attached hydrogens (tertiary/aromatic N) is 2. The van der Waals surface area contributed by atoms with E-state index in [-0.39, 0.29) is 0 Å². The first-order valence-electron chi connectivity index (χ1n) is 10.1. The lowest BCUT2D eigenvalue weighted by Gasteiger charge is -2.23. The number of aryl methyl sites for hydroxylation is 1. The highest BCUT2D eigenvalue weighted by Gasteiger charge is 2.16. The third kappa shape index (κ3) is 4.22. The molecule has 0 saturated heterocycles. The molecule has 0 spiro atoms. The van der Waals surface area contributed by atoms with Crippen LogP contribution >= 0.6 is 0 Å². The van der Waals surface area contributed by atoms with Crippen molar-refractivity contribution in [3.05, 3.63) is 114 Å². The first-order valence-corrected chi connectivity index (χ1v) is 10.1. The average molecular weight is 380 g/mol. The number of fused-ring (bicyclic) bond motifs is 2. The zero-order chi connectivity index (χ0) is 20.1. The van der Waals surface area contributed by atoms with Crippen LogP contribution in [0, 0.1) is 0 Å². The third-order valence-corrected chi connectivity index (χ3v) is 5.43. The molecule has 29 heavy (non-hydrogen) atoms. The minimum Gasteiger partial charge on any atom is -0.351 e. The van der Waals surface area contributed by atoms with Crippen molar-refractivity contribution in [2.75, 3.05) is 11.9 Å². The average Bonchev–Trinajstić information content (AvgIpc) is 2.76. The van der Waals surface area contributed by atoms with Crippen LogP contribution in [-0.4, -0.2) is 7.05 Å². The van der Waals surface area contributed by atoms with Crippen molar-refractivity contribution in [1.29, 1.82) is 0 Å². The first kappa shape index (κ1) is 18.9. The fourth-order valence-electron chi connectivity index (χ4n) is 3.84. The van der Waals surface area contributed by atoms with Gasteiger partial charge in [-0.05, 0) is 29.7 Å². The Morgan fingerprint density at radius 1 is 0.966 bits per heavy atom. The van der Waals surface area contributed by atoms with Crippen LogP contribution in [0.4, 0.5) is 5.69 Å². The van der Waals surface area contributed by atoms with Crippen molar-refractivity contribution >= 4 is 23.4 Å². The number of rotatable bonds is 4. The minimum absolute atomic E-state index is 1.12. The normalized spacial score (nSPS) is 17.0. The van der Waals surface area contributed by atoms with Gasteiger partial charge in [0.15, 0.2) is 11.9 Å². The zero-order valence-corrected chi connectivity index (χ0v) is 17.1. The van der Waals surface area contributed by atoms with Gasteiger partial charge in [0.05, 0.1) is 0 Å². The largest absolute Gasteiger partial charge is 0.351 e. The van der Waals surface area contributed by atoms with Gasteiger partial charge in [0.1, 0.15) is 7.05 Å². The molecule has 2 aromatic rings. The quantitative estimate of drug-likeness (QED) is 0.492. The second kappa shape index (κ2) is 8.74. The first-order chi connectivity index (χ1) is 14.2. The van der Waals surface area contributed by atoms with Gasteiger partial charge in [0, 0.05) is 42.5 Å². The van der Waals surface area contributed by atoms with Crippen molar-refractivity contribution in [3.8, 4) is 0 Å². The summed E-state index contributed by atoms with van der Waals surface area (Å²) in [5.41, 5.74) is 7.77. The zero-order valence-electron chi connectivity index (χ0n) is 17.1. The van der Waals surface area contributed by atoms with Gasteiger partial charge in [0.2, 0.25) is 0 Å². The fraction of sp³-hybridized carbons (Fsp3) is 0.148. The maximum absolute atomic E-state index is 2.27. The summed E-state index contributed by atoms with van der Waals surface area (Å²) in [7, 11) is 4.21. The monoisotopic (exact) mass is 379 g/mol. The summed E-state index contributed by atoms with van der Waals surface area (Å²) in [4.78, 5) is 2.15. The predicted molar refractivity (Wildman–Crippen MR) is 124 cm³/mol. The number of hydrogen-bond donors (Lipinski definition) is 0. The molecule has 2 nitrogen and oxygen atoms in total. The van der Waals surface area contributed by atoms with Crippen molar-refractivity contribution < 1.29 is 4.57 Å². The van der Waals surface area contributed by atoms with Crippen LogP contribution in [0.3, 0.4) is 0 Å². The van der Waals surface area contributed by atoms with Gasteiger partial charge in [0.25, 0.3) is 0 Å². The summed E-state index contributed by atoms with van der Waals surface area (Å²) in [6.45, 7) is 0. The molecule has 4 rings (SSSR count). The van der Waals surface area contributed by atoms with Crippen LogP contribution < -0.4 is 9.47 Å². The number of anilines is 1. The van der Waals surface area contributed by atoms with E-state index in [0.29, 0.717) is 0 Å². The molecule has 0 amide bonds. The molecule has 0 N–H and O–H groups in total. The SMILES string of the molecule is CN1C=C/C(=C/C=C/C=C/C=C/c2cc[n+](C)c3c2C=CCC3)c2ccccc21. The number of aromatic nitrogens is 1. The van der Waals surface area contributed by atoms with Crippen LogP contribution in [0.2, 0.25) is 0 Å². The maximum Gasteiger partial charge on any atom is 0.189 e. The van der Waals surface area contributed by atoms with E-state index in [1.54, 1.807) is 0 Å². The molecule has 0 radical (unpaired) electrons. The maximum atomic E-state index is 2.27. The minimum atomic E-state index is 1.12. The van der Waals surface area contributed by atoms with E-state index < -0.39 is 0 Å². The summed E-state index contributed by atoms with van der Waals surface area (Å²) in [5.74, 6) is 0. The van der Waals surface area contributed by atoms with Gasteiger partial charge >= 0.3 is 0 Å². The predicted octanol–water partition coefficient (Wildman–Crippen LogP) is 5.64. The van der Waals surface area contributed by atoms with Crippen molar-refractivity contribution in [2.24, 2.45) is 7.05 Å². The van der Waals surface area contributed by atoms with E-state index >= 15 is 0 Å². The molecule has 1 aliphatic heterocycles. The van der Waals surface area contributed by atoms with Crippen molar-refractivity contribution in [2.45, 2.75) is 12.8 Å². The molecule has 1 aromatic heterocycles. The summed E-state index contributed by atoms with van der Waals surface area (Å²) in [5, 5.41) is 0. The fourth-order valence-corrected chi connectivity index (χ4v) is 3.84. The molecule has 0 atom stereocenters. The second-order valence-corrected chi connectivity index (χ2v) is 7.38. The topological polar surface area (TPSA) is 7.12 Å². The van der Waals surface area contributed by atoms with Gasteiger partial charge in [-0.2, -0.15) is 0 Å². The van der Waals surface area contributed by atoms with Crippen molar-refractivity contribution in [3.63, 3.8) is 0 Å². The molecule has 2 aliphatic rings. The van der Waals surface area contributed by atoms with Gasteiger partial charge in [-0.1, -0.05) is 72.9 Å². The lowest BCUT2D eigenvalue weighted by atomic mass is 9.97. The Balaban J connectivity index is 1.43. The van der Waals surface area contributed by atoms with Crippen LogP contribution in [0.1, 0.15) is 28.8 Å². The molecule has 1 aromatic carbocycles. The molecule has 2 heterocycles. The number of allylic oxidation sites excluding steroid dienone is 9. The van der Waals surface area contributed by atoms with Crippen LogP contribution in [-0.2, 0) is 13.5 Å². The number of hydrogen-bond acceptors (Lipinski definition) is 1. The highest BCUT2D eigenvalue weighted by molar-refractivity contribution is 5.86. The Labute approximate surface area is 173 Å². The van der Waals surface area contributed by atoms with Gasteiger partial charge < -0.3 is 4.90 Å². The van der Waals surface area contributed by atoms with E-state index in [9.17, 15) is 0 Å². The van der Waals surface area contributed by atoms with Crippen LogP contribution in [0.5, 0.6) is 0 Å². The van der Waals surface area contributed by atoms with E-state index in [1.165, 1.54) is 33.6 Å². The Morgan fingerprint density at radius 3 is 2.72 bits per heavy atom. The molecular formula is C27H27N2+. The van der Waals surface area contributed by atoms with Gasteiger partial charge in [-0.15, -0.1) is 0 Å². The molecule has 0 bridgehead atoms. The van der Waals surface area contributed by atoms with Gasteiger partial charge in [-0.3, -0.25) is 0 Å². The molecular weight excluding hydrogens is 352 g/mol. The molecule has 144 valence electrons. The number of pyridine rings is 1. The molecule has 0 unspecified atom stereocenters. The second-order valence-electron chi connectivity index (χ2n) is 7.38. The standard InChI is InChI=1S/C27H27N2/c1-28-20-18-22(24-14-8-10-16-26(24)28)12-6-4-3-5-7-13-23-19-21-29(2)27-17-11-9-15-25(23)27/h3-10,12-16,18-21H,11,17H2,1-2H3/q+1. The Bertz CT molecular complexity index is 1080. The molecule has 0 saturated carbocycles. The lowest BCUT2D eigenvalue weighted by molar-refractivity contribution is -0.679. The smallest absolute Gasteiger partial charge is 0.189 e. The van der Waals surface area contributed by atoms with E-state index in [2.05, 4.69) is 127 Å². The third-order valence-electron chi connectivity index (χ3n) is 5.43. The van der Waals surface area contributed by atoms with Crippen molar-refractivity contribution in [1.82, 2.24) is 0 Å². The Morgan fingerprint density at radius 2 is 1.79 bits per heavy atom. The number of para-hydroxylation sites is 1. The van der Waals surface area contributed by atoms with Crippen LogP contribution in [0.25, 0.3) is 17.7 Å². The summed E-state index contributed by atoms with van der Waals surface area (Å²) in [6.07, 6.45) is 28.0. The van der Waals surface area contributed by atoms with Gasteiger partial charge in [-0.25, -0.2) is 4.57 Å². The molecule has 2 heteroatoms. The van der Waals surface area contributed by atoms with E-state index in [1.807, 2.05) is 0 Å². The summed E-state index contributed by atoms with van der Waals surface area (Å²) in [6, 6.07) is 10.7. The summed E-state index contributed by atoms with van der Waals surface area (Å²) < 4.78 is 2.23. The lowest BCUT2D eigenvalue weighted by Crippen LogP contribution is -2.35. The summed E-state index contributed by atoms with van der Waals surface area (Å²) >= 11 is 0. The highest BCUT2D eigenvalue weighted by Crippen LogP contribution is 2.31. The Hall–Kier alpha value is -3.39. The van der Waals surface area contributed by atoms with Crippen LogP contribution in [0.15, 0.2) is 91.3 Å². The highest BCUT2D eigenvalue weighted by atomic mass is 15.1. The Kier molecular flexibility index (Phi) is 5.71. The molecule has 1 aliphatic carbocycles. The number of benzene rings is 1. The van der Waals surface area contributed by atoms with E-state index in [0.717, 1.165) is 12.8 Å². The van der Waals surface area contributed by atoms with E-state index in [4.69, 9.17) is 0 Å². The molecule has 0 fully saturated rings.